The summed E-state index contributed by atoms with van der Waals surface area (Å²) in [6, 6.07) is 37.9. The normalized spacial score (nSPS) is 12.3. The predicted octanol–water partition coefficient (Wildman–Crippen LogP) is 6.16. The van der Waals surface area contributed by atoms with Gasteiger partial charge in [0.1, 0.15) is 12.2 Å². The summed E-state index contributed by atoms with van der Waals surface area (Å²) in [4.78, 5) is 8.18. The van der Waals surface area contributed by atoms with Gasteiger partial charge in [0.15, 0.2) is 0 Å². The molecular weight excluding hydrogens is 520 g/mol. The van der Waals surface area contributed by atoms with Gasteiger partial charge >= 0.3 is 21.7 Å². The minimum Gasteiger partial charge on any atom is -0.685 e. The zero-order valence-electron chi connectivity index (χ0n) is 22.9. The molecule has 0 spiro atoms. The van der Waals surface area contributed by atoms with Crippen molar-refractivity contribution in [3.8, 4) is 0 Å². The van der Waals surface area contributed by atoms with Crippen LogP contribution in [-0.2, 0) is 21.7 Å². The second-order valence-corrected chi connectivity index (χ2v) is 7.97. The molecule has 0 aliphatic heterocycles. The molecule has 0 radical (unpaired) electrons. The molecule has 39 heavy (non-hydrogen) atoms. The molecule has 200 valence electrons. The van der Waals surface area contributed by atoms with Gasteiger partial charge in [0, 0.05) is 24.8 Å². The largest absolute Gasteiger partial charge is 2.00 e. The van der Waals surface area contributed by atoms with E-state index in [0.717, 1.165) is 33.2 Å². The molecule has 0 saturated heterocycles. The Hall–Kier alpha value is -3.55. The van der Waals surface area contributed by atoms with Crippen molar-refractivity contribution in [2.24, 2.45) is 9.98 Å². The van der Waals surface area contributed by atoms with Crippen molar-refractivity contribution >= 4 is 11.4 Å². The first-order valence-electron chi connectivity index (χ1n) is 12.3. The number of hydrogen-bond donors (Lipinski definition) is 2. The SMILES string of the molecule is CN=c1cccccc1[N-]C.CN=c1cccccc1[N-]C.O[C@H](c1ccccc1)[C@H](O)c1ccccc1.[Ti+2]. The molecule has 0 fully saturated rings. The first kappa shape index (κ1) is 33.5. The Morgan fingerprint density at radius 3 is 1.05 bits per heavy atom. The van der Waals surface area contributed by atoms with E-state index in [0.29, 0.717) is 0 Å². The van der Waals surface area contributed by atoms with Crippen LogP contribution in [0.25, 0.3) is 10.6 Å². The van der Waals surface area contributed by atoms with Crippen LogP contribution in [0.1, 0.15) is 23.3 Å². The third-order valence-electron chi connectivity index (χ3n) is 5.53. The Morgan fingerprint density at radius 1 is 0.487 bits per heavy atom. The number of aliphatic hydroxyl groups is 2. The van der Waals surface area contributed by atoms with Gasteiger partial charge in [-0.3, -0.25) is 9.98 Å². The summed E-state index contributed by atoms with van der Waals surface area (Å²) in [7, 11) is 7.07. The predicted molar refractivity (Wildman–Crippen MR) is 157 cm³/mol. The second-order valence-electron chi connectivity index (χ2n) is 7.97. The summed E-state index contributed by atoms with van der Waals surface area (Å²) in [5.41, 5.74) is 3.30. The summed E-state index contributed by atoms with van der Waals surface area (Å²) >= 11 is 0. The number of nitrogens with zero attached hydrogens (tertiary/aromatic N) is 4. The van der Waals surface area contributed by atoms with E-state index in [1.165, 1.54) is 0 Å². The Labute approximate surface area is 246 Å². The molecule has 6 nitrogen and oxygen atoms in total. The molecule has 0 aromatic heterocycles. The van der Waals surface area contributed by atoms with Gasteiger partial charge < -0.3 is 20.8 Å². The van der Waals surface area contributed by atoms with Crippen molar-refractivity contribution in [2.45, 2.75) is 12.2 Å². The maximum Gasteiger partial charge on any atom is 2.00 e. The number of rotatable bonds is 5. The molecule has 0 amide bonds. The molecular formula is C32H36N4O2Ti. The summed E-state index contributed by atoms with van der Waals surface area (Å²) < 4.78 is 0. The van der Waals surface area contributed by atoms with E-state index in [1.807, 2.05) is 97.1 Å². The first-order valence-corrected chi connectivity index (χ1v) is 12.3. The van der Waals surface area contributed by atoms with Crippen LogP contribution >= 0.6 is 0 Å². The fourth-order valence-corrected chi connectivity index (χ4v) is 3.48. The van der Waals surface area contributed by atoms with Crippen molar-refractivity contribution in [3.05, 3.63) is 154 Å². The topological polar surface area (TPSA) is 93.4 Å². The van der Waals surface area contributed by atoms with E-state index in [-0.39, 0.29) is 21.7 Å². The van der Waals surface area contributed by atoms with Gasteiger partial charge in [0.05, 0.1) is 0 Å². The molecule has 0 bridgehead atoms. The fourth-order valence-electron chi connectivity index (χ4n) is 3.48. The van der Waals surface area contributed by atoms with Crippen LogP contribution in [0, 0.1) is 0 Å². The quantitative estimate of drug-likeness (QED) is 0.289. The van der Waals surface area contributed by atoms with Crippen molar-refractivity contribution in [3.63, 3.8) is 0 Å². The number of benzene rings is 2. The minimum atomic E-state index is -0.886. The maximum atomic E-state index is 9.99. The van der Waals surface area contributed by atoms with Crippen molar-refractivity contribution in [1.82, 2.24) is 0 Å². The van der Waals surface area contributed by atoms with Crippen molar-refractivity contribution < 1.29 is 31.9 Å². The molecule has 0 unspecified atom stereocenters. The van der Waals surface area contributed by atoms with E-state index < -0.39 is 12.2 Å². The molecule has 7 heteroatoms. The van der Waals surface area contributed by atoms with Crippen LogP contribution in [0.4, 0.5) is 11.4 Å². The maximum absolute atomic E-state index is 9.99. The molecule has 4 aromatic carbocycles. The van der Waals surface area contributed by atoms with Crippen LogP contribution < -0.4 is 10.7 Å². The Balaban J connectivity index is 0.000000297. The van der Waals surface area contributed by atoms with Gasteiger partial charge in [0.2, 0.25) is 0 Å². The van der Waals surface area contributed by atoms with Crippen molar-refractivity contribution in [1.29, 1.82) is 0 Å². The van der Waals surface area contributed by atoms with Gasteiger partial charge in [0.25, 0.3) is 0 Å². The summed E-state index contributed by atoms with van der Waals surface area (Å²) in [5.74, 6) is 0. The fraction of sp³-hybridized carbons (Fsp3) is 0.188. The van der Waals surface area contributed by atoms with E-state index >= 15 is 0 Å². The third-order valence-corrected chi connectivity index (χ3v) is 5.53. The van der Waals surface area contributed by atoms with Crippen LogP contribution in [-0.4, -0.2) is 38.4 Å². The zero-order valence-corrected chi connectivity index (χ0v) is 24.4. The van der Waals surface area contributed by atoms with Gasteiger partial charge in [-0.1, -0.05) is 109 Å². The van der Waals surface area contributed by atoms with E-state index in [1.54, 1.807) is 52.5 Å². The molecule has 4 rings (SSSR count). The molecule has 4 aromatic rings. The molecule has 0 heterocycles. The Bertz CT molecular complexity index is 1250. The van der Waals surface area contributed by atoms with E-state index in [9.17, 15) is 10.2 Å². The van der Waals surface area contributed by atoms with Crippen LogP contribution in [0.5, 0.6) is 0 Å². The molecule has 2 atom stereocenters. The molecule has 0 aliphatic rings. The summed E-state index contributed by atoms with van der Waals surface area (Å²) in [6.45, 7) is 0. The van der Waals surface area contributed by atoms with Gasteiger partial charge in [-0.15, -0.1) is 25.5 Å². The van der Waals surface area contributed by atoms with Crippen LogP contribution in [0.15, 0.2) is 131 Å². The Kier molecular flexibility index (Phi) is 16.8. The van der Waals surface area contributed by atoms with Gasteiger partial charge in [-0.2, -0.15) is 0 Å². The zero-order chi connectivity index (χ0) is 27.6. The van der Waals surface area contributed by atoms with Gasteiger partial charge in [-0.05, 0) is 23.3 Å². The molecule has 2 N–H and O–H groups in total. The minimum absolute atomic E-state index is 0. The molecule has 0 saturated carbocycles. The Morgan fingerprint density at radius 2 is 0.769 bits per heavy atom. The van der Waals surface area contributed by atoms with E-state index in [2.05, 4.69) is 20.6 Å². The number of hydrogen-bond acceptors (Lipinski definition) is 4. The summed E-state index contributed by atoms with van der Waals surface area (Å²) in [6.07, 6.45) is -1.77. The van der Waals surface area contributed by atoms with Crippen molar-refractivity contribution in [2.75, 3.05) is 28.2 Å². The average molecular weight is 557 g/mol. The van der Waals surface area contributed by atoms with E-state index in [4.69, 9.17) is 0 Å². The monoisotopic (exact) mass is 556 g/mol. The third kappa shape index (κ3) is 11.4. The van der Waals surface area contributed by atoms with Crippen LogP contribution in [0.2, 0.25) is 0 Å². The summed E-state index contributed by atoms with van der Waals surface area (Å²) in [5, 5.41) is 30.0. The second kappa shape index (κ2) is 19.5. The smallest absolute Gasteiger partial charge is 0.685 e. The van der Waals surface area contributed by atoms with Gasteiger partial charge in [-0.25, -0.2) is 0 Å². The first-order chi connectivity index (χ1) is 18.5. The standard InChI is InChI=1S/C14H14O2.2C9H11N2.Ti/c15-13(11-7-3-1-4-8-11)14(16)12-9-5-2-6-10-12;2*1-10-8-6-4-3-5-7-9(8)11-2;/h1-10,13-16H;2*3-7H,1-2H3;/q;2*-1;+2/t13-,14-;;;/m1.../s1. The molecule has 0 aliphatic carbocycles. The number of aliphatic hydroxyl groups excluding tert-OH is 2. The average Bonchev–Trinajstić information content (AvgIpc) is 3.37. The van der Waals surface area contributed by atoms with Crippen LogP contribution in [0.3, 0.4) is 0 Å².